The van der Waals surface area contributed by atoms with Gasteiger partial charge in [0, 0.05) is 13.5 Å². The predicted molar refractivity (Wildman–Crippen MR) is 132 cm³/mol. The van der Waals surface area contributed by atoms with Crippen LogP contribution in [0.4, 0.5) is 0 Å². The van der Waals surface area contributed by atoms with Crippen LogP contribution in [0.1, 0.15) is 60.8 Å². The van der Waals surface area contributed by atoms with Crippen LogP contribution >= 0.6 is 0 Å². The molecule has 0 saturated heterocycles. The van der Waals surface area contributed by atoms with Crippen LogP contribution in [0.2, 0.25) is 5.04 Å². The number of carbonyl (C=O) groups is 1. The summed E-state index contributed by atoms with van der Waals surface area (Å²) in [5.74, 6) is 0.676. The Balaban J connectivity index is 2.11. The van der Waals surface area contributed by atoms with E-state index in [1.54, 1.807) is 0 Å². The van der Waals surface area contributed by atoms with Gasteiger partial charge in [0.1, 0.15) is 0 Å². The highest BCUT2D eigenvalue weighted by Gasteiger charge is 2.50. The van der Waals surface area contributed by atoms with Crippen molar-refractivity contribution >= 4 is 24.7 Å². The third kappa shape index (κ3) is 7.05. The van der Waals surface area contributed by atoms with Gasteiger partial charge in [-0.15, -0.1) is 0 Å². The normalized spacial score (nSPS) is 14.1. The molecule has 2 aromatic carbocycles. The molecule has 0 saturated carbocycles. The van der Waals surface area contributed by atoms with Crippen molar-refractivity contribution in [3.05, 3.63) is 60.7 Å². The number of esters is 1. The van der Waals surface area contributed by atoms with Gasteiger partial charge in [-0.3, -0.25) is 4.79 Å². The highest BCUT2D eigenvalue weighted by molar-refractivity contribution is 6.99. The first-order chi connectivity index (χ1) is 14.7. The van der Waals surface area contributed by atoms with Crippen LogP contribution in [0.15, 0.2) is 60.7 Å². The lowest BCUT2D eigenvalue weighted by Crippen LogP contribution is -2.66. The summed E-state index contributed by atoms with van der Waals surface area (Å²) in [6.07, 6.45) is 3.30. The van der Waals surface area contributed by atoms with Crippen LogP contribution in [0.5, 0.6) is 0 Å². The number of carbonyl (C=O) groups excluding carboxylic acids is 1. The van der Waals surface area contributed by atoms with Crippen molar-refractivity contribution in [1.29, 1.82) is 0 Å². The molecule has 170 valence electrons. The quantitative estimate of drug-likeness (QED) is 0.338. The number of rotatable bonds is 11. The van der Waals surface area contributed by atoms with E-state index in [-0.39, 0.29) is 11.0 Å². The molecule has 2 aromatic rings. The van der Waals surface area contributed by atoms with Gasteiger partial charge in [0.15, 0.2) is 0 Å². The minimum atomic E-state index is -2.46. The molecule has 0 unspecified atom stereocenters. The summed E-state index contributed by atoms with van der Waals surface area (Å²) in [6, 6.07) is 21.6. The maximum Gasteiger partial charge on any atom is 0.302 e. The molecular formula is C27H40O3Si. The predicted octanol–water partition coefficient (Wildman–Crippen LogP) is 5.57. The van der Waals surface area contributed by atoms with Crippen LogP contribution in [-0.2, 0) is 14.0 Å². The van der Waals surface area contributed by atoms with Crippen LogP contribution in [0.3, 0.4) is 0 Å². The van der Waals surface area contributed by atoms with Crippen molar-refractivity contribution in [2.45, 2.75) is 65.8 Å². The summed E-state index contributed by atoms with van der Waals surface area (Å²) in [4.78, 5) is 11.0. The zero-order chi connectivity index (χ0) is 22.9. The van der Waals surface area contributed by atoms with Crippen molar-refractivity contribution in [1.82, 2.24) is 0 Å². The molecule has 0 bridgehead atoms. The number of benzene rings is 2. The second-order valence-electron chi connectivity index (χ2n) is 9.92. The van der Waals surface area contributed by atoms with Gasteiger partial charge in [-0.25, -0.2) is 0 Å². The molecule has 0 aliphatic heterocycles. The fraction of sp³-hybridized carbons (Fsp3) is 0.519. The van der Waals surface area contributed by atoms with Crippen molar-refractivity contribution in [2.24, 2.45) is 11.8 Å². The van der Waals surface area contributed by atoms with Crippen LogP contribution < -0.4 is 10.4 Å². The molecule has 3 nitrogen and oxygen atoms in total. The van der Waals surface area contributed by atoms with Crippen LogP contribution in [0, 0.1) is 11.8 Å². The maximum atomic E-state index is 11.0. The summed E-state index contributed by atoms with van der Waals surface area (Å²) < 4.78 is 12.2. The minimum Gasteiger partial charge on any atom is -0.466 e. The summed E-state index contributed by atoms with van der Waals surface area (Å²) in [5.41, 5.74) is 0. The SMILES string of the molecule is CC(=O)OC[C@@H](C)CCC[C@@H](C)CO[Si](c1ccccc1)(c1ccccc1)C(C)(C)C. The standard InChI is InChI=1S/C27H40O3Si/c1-22(20-29-24(3)28)14-13-15-23(2)21-30-31(27(4,5)6,25-16-9-7-10-17-25)26-18-11-8-12-19-26/h7-12,16-19,22-23H,13-15,20-21H2,1-6H3/t22-,23+/m0/s1. The van der Waals surface area contributed by atoms with Gasteiger partial charge in [-0.2, -0.15) is 0 Å². The Morgan fingerprint density at radius 3 is 1.71 bits per heavy atom. The van der Waals surface area contributed by atoms with E-state index >= 15 is 0 Å². The zero-order valence-corrected chi connectivity index (χ0v) is 21.2. The largest absolute Gasteiger partial charge is 0.466 e. The van der Waals surface area contributed by atoms with E-state index in [1.165, 1.54) is 17.3 Å². The average Bonchev–Trinajstić information content (AvgIpc) is 2.73. The summed E-state index contributed by atoms with van der Waals surface area (Å²) in [6.45, 7) is 14.1. The second kappa shape index (κ2) is 11.6. The third-order valence-corrected chi connectivity index (χ3v) is 11.0. The molecule has 0 aliphatic rings. The monoisotopic (exact) mass is 440 g/mol. The topological polar surface area (TPSA) is 35.5 Å². The van der Waals surface area contributed by atoms with E-state index in [0.717, 1.165) is 25.9 Å². The zero-order valence-electron chi connectivity index (χ0n) is 20.2. The van der Waals surface area contributed by atoms with Crippen LogP contribution in [-0.4, -0.2) is 27.5 Å². The Kier molecular flexibility index (Phi) is 9.51. The molecule has 0 amide bonds. The van der Waals surface area contributed by atoms with E-state index in [4.69, 9.17) is 9.16 Å². The van der Waals surface area contributed by atoms with Gasteiger partial charge >= 0.3 is 5.97 Å². The maximum absolute atomic E-state index is 11.0. The van der Waals surface area contributed by atoms with Crippen molar-refractivity contribution in [3.63, 3.8) is 0 Å². The van der Waals surface area contributed by atoms with E-state index in [9.17, 15) is 4.79 Å². The number of ether oxygens (including phenoxy) is 1. The van der Waals surface area contributed by atoms with E-state index in [2.05, 4.69) is 95.3 Å². The summed E-state index contributed by atoms with van der Waals surface area (Å²) in [7, 11) is -2.46. The lowest BCUT2D eigenvalue weighted by molar-refractivity contribution is -0.142. The molecule has 2 atom stereocenters. The summed E-state index contributed by atoms with van der Waals surface area (Å²) >= 11 is 0. The van der Waals surface area contributed by atoms with Crippen molar-refractivity contribution in [2.75, 3.05) is 13.2 Å². The lowest BCUT2D eigenvalue weighted by atomic mass is 10.00. The smallest absolute Gasteiger partial charge is 0.302 e. The van der Waals surface area contributed by atoms with Gasteiger partial charge in [-0.1, -0.05) is 102 Å². The average molecular weight is 441 g/mol. The van der Waals surface area contributed by atoms with Gasteiger partial charge in [0.25, 0.3) is 8.32 Å². The second-order valence-corrected chi connectivity index (χ2v) is 14.2. The highest BCUT2D eigenvalue weighted by Crippen LogP contribution is 2.37. The Morgan fingerprint density at radius 2 is 1.29 bits per heavy atom. The molecule has 0 spiro atoms. The molecule has 4 heteroatoms. The fourth-order valence-electron chi connectivity index (χ4n) is 4.27. The Morgan fingerprint density at radius 1 is 0.839 bits per heavy atom. The Hall–Kier alpha value is -1.91. The van der Waals surface area contributed by atoms with Gasteiger partial charge in [0.05, 0.1) is 6.61 Å². The fourth-order valence-corrected chi connectivity index (χ4v) is 8.96. The van der Waals surface area contributed by atoms with E-state index in [0.29, 0.717) is 18.4 Å². The first-order valence-corrected chi connectivity index (χ1v) is 13.5. The van der Waals surface area contributed by atoms with Crippen molar-refractivity contribution in [3.8, 4) is 0 Å². The molecule has 31 heavy (non-hydrogen) atoms. The van der Waals surface area contributed by atoms with E-state index in [1.807, 2.05) is 0 Å². The third-order valence-electron chi connectivity index (χ3n) is 5.97. The molecule has 0 fully saturated rings. The van der Waals surface area contributed by atoms with Crippen molar-refractivity contribution < 1.29 is 14.0 Å². The number of hydrogen-bond acceptors (Lipinski definition) is 3. The summed E-state index contributed by atoms with van der Waals surface area (Å²) in [5, 5.41) is 2.67. The molecule has 0 aliphatic carbocycles. The number of hydrogen-bond donors (Lipinski definition) is 0. The Bertz CT molecular complexity index is 744. The van der Waals surface area contributed by atoms with Crippen LogP contribution in [0.25, 0.3) is 0 Å². The molecule has 2 rings (SSSR count). The highest BCUT2D eigenvalue weighted by atomic mass is 28.4. The molecular weight excluding hydrogens is 400 g/mol. The Labute approximate surface area is 190 Å². The van der Waals surface area contributed by atoms with Gasteiger partial charge in [0.2, 0.25) is 0 Å². The van der Waals surface area contributed by atoms with Gasteiger partial charge < -0.3 is 9.16 Å². The molecule has 0 N–H and O–H groups in total. The van der Waals surface area contributed by atoms with E-state index < -0.39 is 8.32 Å². The molecule has 0 aromatic heterocycles. The first kappa shape index (κ1) is 25.3. The molecule has 0 heterocycles. The van der Waals surface area contributed by atoms with Gasteiger partial charge in [-0.05, 0) is 40.1 Å². The lowest BCUT2D eigenvalue weighted by Gasteiger charge is -2.43. The molecule has 0 radical (unpaired) electrons. The minimum absolute atomic E-state index is 0.00791. The first-order valence-electron chi connectivity index (χ1n) is 11.5.